The average molecular weight is 247 g/mol. The van der Waals surface area contributed by atoms with Gasteiger partial charge in [-0.25, -0.2) is 0 Å². The number of esters is 1. The van der Waals surface area contributed by atoms with Gasteiger partial charge in [0.25, 0.3) is 0 Å². The summed E-state index contributed by atoms with van der Waals surface area (Å²) in [6.07, 6.45) is 3.30. The van der Waals surface area contributed by atoms with Gasteiger partial charge in [-0.15, -0.1) is 0 Å². The molecule has 0 amide bonds. The molecule has 0 spiro atoms. The molecule has 0 saturated carbocycles. The largest absolute Gasteiger partial charge is 0.493 e. The van der Waals surface area contributed by atoms with E-state index in [2.05, 4.69) is 6.92 Å². The highest BCUT2D eigenvalue weighted by molar-refractivity contribution is 5.73. The van der Waals surface area contributed by atoms with E-state index in [0.717, 1.165) is 19.3 Å². The first-order chi connectivity index (χ1) is 8.71. The Morgan fingerprint density at radius 3 is 2.72 bits per heavy atom. The number of unbranched alkanes of at least 4 members (excludes halogenated alkanes) is 2. The van der Waals surface area contributed by atoms with Crippen LogP contribution < -0.4 is 9.47 Å². The first-order valence-corrected chi connectivity index (χ1v) is 6.00. The van der Waals surface area contributed by atoms with Gasteiger partial charge in [0.1, 0.15) is 0 Å². The number of nitriles is 1. The first kappa shape index (κ1) is 14.0. The summed E-state index contributed by atoms with van der Waals surface area (Å²) >= 11 is 0. The third-order valence-electron chi connectivity index (χ3n) is 2.50. The second-order valence-electron chi connectivity index (χ2n) is 3.91. The number of carbonyl (C=O) groups excluding carboxylic acids is 1. The standard InChI is InChI=1S/C14H17NO3/c1-3-4-5-6-14(16)18-12-8-7-11(10-15)9-13(12)17-2/h7-9H,3-6H2,1-2H3. The number of rotatable bonds is 6. The van der Waals surface area contributed by atoms with Crippen LogP contribution in [0.25, 0.3) is 0 Å². The minimum atomic E-state index is -0.272. The quantitative estimate of drug-likeness (QED) is 0.440. The zero-order valence-electron chi connectivity index (χ0n) is 10.7. The fourth-order valence-electron chi connectivity index (χ4n) is 1.51. The molecule has 0 aliphatic rings. The van der Waals surface area contributed by atoms with E-state index in [1.807, 2.05) is 6.07 Å². The molecule has 96 valence electrons. The van der Waals surface area contributed by atoms with Crippen LogP contribution in [-0.2, 0) is 4.79 Å². The summed E-state index contributed by atoms with van der Waals surface area (Å²) in [5, 5.41) is 8.76. The highest BCUT2D eigenvalue weighted by Gasteiger charge is 2.10. The van der Waals surface area contributed by atoms with Gasteiger partial charge in [0, 0.05) is 12.5 Å². The van der Waals surface area contributed by atoms with Gasteiger partial charge in [0.15, 0.2) is 11.5 Å². The van der Waals surface area contributed by atoms with Crippen LogP contribution in [-0.4, -0.2) is 13.1 Å². The van der Waals surface area contributed by atoms with Crippen molar-refractivity contribution in [1.29, 1.82) is 5.26 Å². The first-order valence-electron chi connectivity index (χ1n) is 6.00. The molecule has 0 aromatic heterocycles. The molecule has 4 nitrogen and oxygen atoms in total. The van der Waals surface area contributed by atoms with Gasteiger partial charge in [0.2, 0.25) is 0 Å². The predicted octanol–water partition coefficient (Wildman–Crippen LogP) is 3.05. The third-order valence-corrected chi connectivity index (χ3v) is 2.50. The smallest absolute Gasteiger partial charge is 0.311 e. The lowest BCUT2D eigenvalue weighted by Crippen LogP contribution is -2.08. The van der Waals surface area contributed by atoms with Crippen molar-refractivity contribution in [1.82, 2.24) is 0 Å². The van der Waals surface area contributed by atoms with E-state index < -0.39 is 0 Å². The molecule has 0 atom stereocenters. The molecule has 4 heteroatoms. The number of ether oxygens (including phenoxy) is 2. The number of carbonyl (C=O) groups is 1. The van der Waals surface area contributed by atoms with Crippen LogP contribution in [0.2, 0.25) is 0 Å². The Kier molecular flexibility index (Phi) is 5.72. The van der Waals surface area contributed by atoms with Crippen molar-refractivity contribution in [3.63, 3.8) is 0 Å². The van der Waals surface area contributed by atoms with Crippen LogP contribution in [0.3, 0.4) is 0 Å². The van der Waals surface area contributed by atoms with Gasteiger partial charge >= 0.3 is 5.97 Å². The van der Waals surface area contributed by atoms with Crippen LogP contribution in [0.4, 0.5) is 0 Å². The molecule has 0 N–H and O–H groups in total. The molecular weight excluding hydrogens is 230 g/mol. The van der Waals surface area contributed by atoms with Gasteiger partial charge in [-0.05, 0) is 18.6 Å². The van der Waals surface area contributed by atoms with Gasteiger partial charge in [-0.1, -0.05) is 19.8 Å². The van der Waals surface area contributed by atoms with E-state index in [9.17, 15) is 4.79 Å². The van der Waals surface area contributed by atoms with Crippen molar-refractivity contribution in [2.45, 2.75) is 32.6 Å². The van der Waals surface area contributed by atoms with Crippen molar-refractivity contribution in [2.75, 3.05) is 7.11 Å². The zero-order chi connectivity index (χ0) is 13.4. The summed E-state index contributed by atoms with van der Waals surface area (Å²) in [6.45, 7) is 2.08. The van der Waals surface area contributed by atoms with E-state index in [1.165, 1.54) is 7.11 Å². The lowest BCUT2D eigenvalue weighted by atomic mass is 10.2. The summed E-state index contributed by atoms with van der Waals surface area (Å²) in [7, 11) is 1.48. The predicted molar refractivity (Wildman–Crippen MR) is 67.5 cm³/mol. The normalized spacial score (nSPS) is 9.61. The topological polar surface area (TPSA) is 59.3 Å². The van der Waals surface area contributed by atoms with Gasteiger partial charge in [-0.3, -0.25) is 4.79 Å². The number of hydrogen-bond acceptors (Lipinski definition) is 4. The molecule has 0 bridgehead atoms. The number of methoxy groups -OCH3 is 1. The molecular formula is C14H17NO3. The highest BCUT2D eigenvalue weighted by atomic mass is 16.6. The van der Waals surface area contributed by atoms with Crippen LogP contribution in [0, 0.1) is 11.3 Å². The maximum absolute atomic E-state index is 11.6. The Morgan fingerprint density at radius 1 is 1.33 bits per heavy atom. The Morgan fingerprint density at radius 2 is 2.11 bits per heavy atom. The molecule has 1 rings (SSSR count). The van der Waals surface area contributed by atoms with Crippen molar-refractivity contribution in [3.05, 3.63) is 23.8 Å². The molecule has 0 radical (unpaired) electrons. The lowest BCUT2D eigenvalue weighted by molar-refractivity contribution is -0.134. The third kappa shape index (κ3) is 4.10. The fourth-order valence-corrected chi connectivity index (χ4v) is 1.51. The fraction of sp³-hybridized carbons (Fsp3) is 0.429. The molecule has 1 aromatic carbocycles. The number of hydrogen-bond donors (Lipinski definition) is 0. The number of benzene rings is 1. The van der Waals surface area contributed by atoms with Gasteiger partial charge < -0.3 is 9.47 Å². The van der Waals surface area contributed by atoms with E-state index in [4.69, 9.17) is 14.7 Å². The summed E-state index contributed by atoms with van der Waals surface area (Å²) in [5.74, 6) is 0.488. The molecule has 1 aromatic rings. The summed E-state index contributed by atoms with van der Waals surface area (Å²) in [4.78, 5) is 11.6. The van der Waals surface area contributed by atoms with Crippen molar-refractivity contribution in [2.24, 2.45) is 0 Å². The van der Waals surface area contributed by atoms with Crippen LogP contribution in [0.15, 0.2) is 18.2 Å². The molecule has 0 fully saturated rings. The maximum atomic E-state index is 11.6. The highest BCUT2D eigenvalue weighted by Crippen LogP contribution is 2.28. The second kappa shape index (κ2) is 7.33. The maximum Gasteiger partial charge on any atom is 0.311 e. The van der Waals surface area contributed by atoms with Crippen LogP contribution in [0.5, 0.6) is 11.5 Å². The summed E-state index contributed by atoms with van der Waals surface area (Å²) in [6, 6.07) is 6.73. The Balaban J connectivity index is 2.66. The summed E-state index contributed by atoms with van der Waals surface area (Å²) < 4.78 is 10.3. The Labute approximate surface area is 107 Å². The number of nitrogens with zero attached hydrogens (tertiary/aromatic N) is 1. The zero-order valence-corrected chi connectivity index (χ0v) is 10.7. The molecule has 0 aliphatic carbocycles. The Bertz CT molecular complexity index is 449. The van der Waals surface area contributed by atoms with Crippen LogP contribution in [0.1, 0.15) is 38.2 Å². The van der Waals surface area contributed by atoms with E-state index in [-0.39, 0.29) is 5.97 Å². The van der Waals surface area contributed by atoms with Crippen LogP contribution >= 0.6 is 0 Å². The van der Waals surface area contributed by atoms with Crippen molar-refractivity contribution >= 4 is 5.97 Å². The molecule has 0 aliphatic heterocycles. The summed E-state index contributed by atoms with van der Waals surface area (Å²) in [5.41, 5.74) is 0.470. The van der Waals surface area contributed by atoms with Gasteiger partial charge in [-0.2, -0.15) is 5.26 Å². The van der Waals surface area contributed by atoms with Gasteiger partial charge in [0.05, 0.1) is 18.7 Å². The van der Waals surface area contributed by atoms with Crippen molar-refractivity contribution in [3.8, 4) is 17.6 Å². The lowest BCUT2D eigenvalue weighted by Gasteiger charge is -2.09. The molecule has 0 saturated heterocycles. The minimum Gasteiger partial charge on any atom is -0.493 e. The average Bonchev–Trinajstić information content (AvgIpc) is 2.39. The van der Waals surface area contributed by atoms with E-state index in [1.54, 1.807) is 18.2 Å². The van der Waals surface area contributed by atoms with E-state index >= 15 is 0 Å². The molecule has 18 heavy (non-hydrogen) atoms. The Hall–Kier alpha value is -2.02. The second-order valence-corrected chi connectivity index (χ2v) is 3.91. The molecule has 0 heterocycles. The van der Waals surface area contributed by atoms with E-state index in [0.29, 0.717) is 23.5 Å². The van der Waals surface area contributed by atoms with Crippen molar-refractivity contribution < 1.29 is 14.3 Å². The minimum absolute atomic E-state index is 0.272. The SMILES string of the molecule is CCCCCC(=O)Oc1ccc(C#N)cc1OC. The molecule has 0 unspecified atom stereocenters. The monoisotopic (exact) mass is 247 g/mol.